The van der Waals surface area contributed by atoms with Crippen LogP contribution in [0.3, 0.4) is 0 Å². The van der Waals surface area contributed by atoms with Crippen molar-refractivity contribution in [1.29, 1.82) is 0 Å². The van der Waals surface area contributed by atoms with Gasteiger partial charge in [0.15, 0.2) is 0 Å². The first-order chi connectivity index (χ1) is 16.1. The summed E-state index contributed by atoms with van der Waals surface area (Å²) in [5.74, 6) is 0.828. The number of rotatable bonds is 4. The number of fused-ring (bicyclic) bond motifs is 1. The lowest BCUT2D eigenvalue weighted by Gasteiger charge is -2.38. The Morgan fingerprint density at radius 2 is 1.50 bits per heavy atom. The van der Waals surface area contributed by atoms with E-state index in [2.05, 4.69) is 13.8 Å². The van der Waals surface area contributed by atoms with Gasteiger partial charge in [0.1, 0.15) is 0 Å². The van der Waals surface area contributed by atoms with E-state index in [9.17, 15) is 18.3 Å². The summed E-state index contributed by atoms with van der Waals surface area (Å²) in [5, 5.41) is 11.3. The highest BCUT2D eigenvalue weighted by molar-refractivity contribution is 5.49. The molecule has 184 valence electrons. The summed E-state index contributed by atoms with van der Waals surface area (Å²) in [5.41, 5.74) is 6.09. The van der Waals surface area contributed by atoms with Crippen LogP contribution in [0.5, 0.6) is 0 Å². The molecular weight excluding hydrogens is 435 g/mol. The lowest BCUT2D eigenvalue weighted by atomic mass is 9.70. The van der Waals surface area contributed by atoms with Gasteiger partial charge in [0.05, 0.1) is 11.7 Å². The third-order valence-corrected chi connectivity index (χ3v) is 8.38. The van der Waals surface area contributed by atoms with Gasteiger partial charge < -0.3 is 5.11 Å². The second kappa shape index (κ2) is 8.96. The van der Waals surface area contributed by atoms with Gasteiger partial charge in [0.2, 0.25) is 0 Å². The molecule has 2 saturated carbocycles. The number of nitrogens with zero attached hydrogens (tertiary/aromatic N) is 1. The van der Waals surface area contributed by atoms with E-state index in [-0.39, 0.29) is 5.41 Å². The minimum Gasteiger partial charge on any atom is -0.388 e. The smallest absolute Gasteiger partial charge is 0.388 e. The van der Waals surface area contributed by atoms with E-state index in [1.54, 1.807) is 12.1 Å². The Labute approximate surface area is 201 Å². The monoisotopic (exact) mass is 471 g/mol. The second-order valence-electron chi connectivity index (χ2n) is 11.6. The van der Waals surface area contributed by atoms with Gasteiger partial charge in [0, 0.05) is 22.9 Å². The molecular formula is C29H36F3NO. The third kappa shape index (κ3) is 4.65. The van der Waals surface area contributed by atoms with Crippen LogP contribution in [0.4, 0.5) is 13.2 Å². The van der Waals surface area contributed by atoms with E-state index in [1.165, 1.54) is 54.6 Å². The number of pyridine rings is 1. The van der Waals surface area contributed by atoms with Gasteiger partial charge in [-0.15, -0.1) is 0 Å². The van der Waals surface area contributed by atoms with Crippen molar-refractivity contribution in [1.82, 2.24) is 4.98 Å². The number of hydrogen-bond acceptors (Lipinski definition) is 2. The molecule has 0 saturated heterocycles. The van der Waals surface area contributed by atoms with Crippen LogP contribution in [-0.4, -0.2) is 10.1 Å². The fourth-order valence-corrected chi connectivity index (χ4v) is 6.81. The van der Waals surface area contributed by atoms with Crippen molar-refractivity contribution in [2.24, 2.45) is 5.41 Å². The van der Waals surface area contributed by atoms with Crippen LogP contribution in [0, 0.1) is 5.41 Å². The van der Waals surface area contributed by atoms with Gasteiger partial charge in [-0.1, -0.05) is 51.7 Å². The molecule has 0 radical (unpaired) electrons. The van der Waals surface area contributed by atoms with E-state index < -0.39 is 17.8 Å². The molecule has 0 bridgehead atoms. The van der Waals surface area contributed by atoms with Gasteiger partial charge in [-0.2, -0.15) is 13.2 Å². The summed E-state index contributed by atoms with van der Waals surface area (Å²) in [7, 11) is 0. The van der Waals surface area contributed by atoms with Gasteiger partial charge in [0.25, 0.3) is 0 Å². The second-order valence-corrected chi connectivity index (χ2v) is 11.6. The molecule has 2 fully saturated rings. The molecule has 34 heavy (non-hydrogen) atoms. The van der Waals surface area contributed by atoms with E-state index in [1.807, 2.05) is 0 Å². The Morgan fingerprint density at radius 1 is 0.912 bits per heavy atom. The SMILES string of the molecule is CC1(C)Cc2nc(C3CCCC3)c(Cc3ccc(C(F)(F)F)cc3)c(C3CCCC3)c2[C@@H](O)C1. The van der Waals surface area contributed by atoms with Gasteiger partial charge in [-0.25, -0.2) is 0 Å². The molecule has 1 atom stereocenters. The van der Waals surface area contributed by atoms with Crippen LogP contribution >= 0.6 is 0 Å². The van der Waals surface area contributed by atoms with Crippen LogP contribution in [0.1, 0.15) is 129 Å². The molecule has 3 aliphatic carbocycles. The van der Waals surface area contributed by atoms with Crippen LogP contribution in [0.2, 0.25) is 0 Å². The molecule has 2 nitrogen and oxygen atoms in total. The zero-order valence-corrected chi connectivity index (χ0v) is 20.3. The van der Waals surface area contributed by atoms with Gasteiger partial charge in [-0.05, 0) is 85.1 Å². The molecule has 5 rings (SSSR count). The molecule has 1 N–H and O–H groups in total. The number of aliphatic hydroxyl groups excluding tert-OH is 1. The van der Waals surface area contributed by atoms with Gasteiger partial charge in [-0.3, -0.25) is 4.98 Å². The maximum atomic E-state index is 13.1. The average molecular weight is 472 g/mol. The molecule has 0 aliphatic heterocycles. The van der Waals surface area contributed by atoms with Crippen molar-refractivity contribution in [3.8, 4) is 0 Å². The Morgan fingerprint density at radius 3 is 2.09 bits per heavy atom. The molecule has 5 heteroatoms. The molecule has 0 spiro atoms. The average Bonchev–Trinajstić information content (AvgIpc) is 3.47. The van der Waals surface area contributed by atoms with E-state index in [0.29, 0.717) is 18.3 Å². The first-order valence-corrected chi connectivity index (χ1v) is 13.0. The number of aliphatic hydroxyl groups is 1. The zero-order valence-electron chi connectivity index (χ0n) is 20.3. The highest BCUT2D eigenvalue weighted by atomic mass is 19.4. The highest BCUT2D eigenvalue weighted by Gasteiger charge is 2.39. The minimum atomic E-state index is -4.33. The summed E-state index contributed by atoms with van der Waals surface area (Å²) >= 11 is 0. The van der Waals surface area contributed by atoms with E-state index >= 15 is 0 Å². The molecule has 1 aromatic carbocycles. The Bertz CT molecular complexity index is 1030. The summed E-state index contributed by atoms with van der Waals surface area (Å²) in [6.45, 7) is 4.42. The predicted octanol–water partition coefficient (Wildman–Crippen LogP) is 8.01. The number of alkyl halides is 3. The number of aromatic nitrogens is 1. The zero-order chi connectivity index (χ0) is 24.1. The number of halogens is 3. The summed E-state index contributed by atoms with van der Waals surface area (Å²) < 4.78 is 39.4. The van der Waals surface area contributed by atoms with E-state index in [4.69, 9.17) is 4.98 Å². The van der Waals surface area contributed by atoms with Crippen molar-refractivity contribution in [2.75, 3.05) is 0 Å². The molecule has 1 heterocycles. The molecule has 0 unspecified atom stereocenters. The fourth-order valence-electron chi connectivity index (χ4n) is 6.81. The summed E-state index contributed by atoms with van der Waals surface area (Å²) in [6, 6.07) is 5.64. The standard InChI is InChI=1S/C29H36F3NO/c1-28(2)16-23-26(24(34)17-28)25(19-7-3-4-8-19)22(27(33-23)20-9-5-6-10-20)15-18-11-13-21(14-12-18)29(30,31)32/h11-14,19-20,24,34H,3-10,15-17H2,1-2H3/t24-/m0/s1. The quantitative estimate of drug-likeness (QED) is 0.490. The van der Waals surface area contributed by atoms with Crippen LogP contribution in [0.25, 0.3) is 0 Å². The lowest BCUT2D eigenvalue weighted by Crippen LogP contribution is -2.30. The number of benzene rings is 1. The first-order valence-electron chi connectivity index (χ1n) is 13.0. The van der Waals surface area contributed by atoms with Gasteiger partial charge >= 0.3 is 6.18 Å². The highest BCUT2D eigenvalue weighted by Crippen LogP contribution is 2.50. The summed E-state index contributed by atoms with van der Waals surface area (Å²) in [4.78, 5) is 5.29. The third-order valence-electron chi connectivity index (χ3n) is 8.38. The van der Waals surface area contributed by atoms with Crippen molar-refractivity contribution < 1.29 is 18.3 Å². The maximum Gasteiger partial charge on any atom is 0.416 e. The predicted molar refractivity (Wildman–Crippen MR) is 128 cm³/mol. The lowest BCUT2D eigenvalue weighted by molar-refractivity contribution is -0.137. The van der Waals surface area contributed by atoms with E-state index in [0.717, 1.165) is 55.3 Å². The first kappa shape index (κ1) is 23.8. The molecule has 2 aromatic rings. The summed E-state index contributed by atoms with van der Waals surface area (Å²) in [6.07, 6.45) is 6.64. The molecule has 0 amide bonds. The Kier molecular flexibility index (Phi) is 6.29. The van der Waals surface area contributed by atoms with Crippen molar-refractivity contribution >= 4 is 0 Å². The van der Waals surface area contributed by atoms with Crippen molar-refractivity contribution in [3.05, 3.63) is 63.5 Å². The molecule has 3 aliphatic rings. The van der Waals surface area contributed by atoms with Crippen LogP contribution in [-0.2, 0) is 19.0 Å². The topological polar surface area (TPSA) is 33.1 Å². The van der Waals surface area contributed by atoms with Crippen LogP contribution < -0.4 is 0 Å². The fraction of sp³-hybridized carbons (Fsp3) is 0.621. The Hall–Kier alpha value is -1.88. The molecule has 1 aromatic heterocycles. The van der Waals surface area contributed by atoms with Crippen molar-refractivity contribution in [2.45, 2.75) is 109 Å². The normalized spacial score (nSPS) is 23.4. The maximum absolute atomic E-state index is 13.1. The Balaban J connectivity index is 1.66. The number of hydrogen-bond donors (Lipinski definition) is 1. The van der Waals surface area contributed by atoms with Crippen LogP contribution in [0.15, 0.2) is 24.3 Å². The van der Waals surface area contributed by atoms with Crippen molar-refractivity contribution in [3.63, 3.8) is 0 Å². The minimum absolute atomic E-state index is 0.00819. The largest absolute Gasteiger partial charge is 0.416 e.